The fourth-order valence-electron chi connectivity index (χ4n) is 3.43. The number of hydrogen-bond acceptors (Lipinski definition) is 6. The normalized spacial score (nSPS) is 22.5. The summed E-state index contributed by atoms with van der Waals surface area (Å²) in [6, 6.07) is 1.55. The van der Waals surface area contributed by atoms with Gasteiger partial charge in [0, 0.05) is 25.3 Å². The van der Waals surface area contributed by atoms with Crippen molar-refractivity contribution in [2.75, 3.05) is 13.6 Å². The molecule has 0 aromatic carbocycles. The highest BCUT2D eigenvalue weighted by molar-refractivity contribution is 5.86. The SMILES string of the molecule is CNCC(=O)N1C(C)CCC1C(=O)OCc1cc2c(cn1)CNC2. The lowest BCUT2D eigenvalue weighted by molar-refractivity contribution is -0.155. The first-order chi connectivity index (χ1) is 11.6. The zero-order chi connectivity index (χ0) is 17.1. The number of amides is 1. The highest BCUT2D eigenvalue weighted by Crippen LogP contribution is 2.25. The van der Waals surface area contributed by atoms with Crippen LogP contribution in [0.25, 0.3) is 0 Å². The van der Waals surface area contributed by atoms with Crippen molar-refractivity contribution in [3.05, 3.63) is 29.1 Å². The van der Waals surface area contributed by atoms with Gasteiger partial charge in [0.2, 0.25) is 5.91 Å². The predicted molar refractivity (Wildman–Crippen MR) is 87.8 cm³/mol. The minimum Gasteiger partial charge on any atom is -0.458 e. The van der Waals surface area contributed by atoms with Crippen molar-refractivity contribution in [2.45, 2.75) is 51.5 Å². The minimum absolute atomic E-state index is 0.0626. The Morgan fingerprint density at radius 2 is 2.17 bits per heavy atom. The summed E-state index contributed by atoms with van der Waals surface area (Å²) in [5, 5.41) is 6.11. The predicted octanol–water partition coefficient (Wildman–Crippen LogP) is 0.327. The maximum Gasteiger partial charge on any atom is 0.329 e. The second kappa shape index (κ2) is 7.27. The molecule has 1 fully saturated rings. The summed E-state index contributed by atoms with van der Waals surface area (Å²) in [7, 11) is 1.72. The number of likely N-dealkylation sites (tertiary alicyclic amines) is 1. The largest absolute Gasteiger partial charge is 0.458 e. The highest BCUT2D eigenvalue weighted by Gasteiger charge is 2.39. The molecular weight excluding hydrogens is 308 g/mol. The first-order valence-electron chi connectivity index (χ1n) is 8.40. The molecule has 3 rings (SSSR count). The Balaban J connectivity index is 1.60. The van der Waals surface area contributed by atoms with Crippen molar-refractivity contribution in [3.8, 4) is 0 Å². The molecule has 2 unspecified atom stereocenters. The van der Waals surface area contributed by atoms with Crippen LogP contribution in [0.1, 0.15) is 36.6 Å². The molecule has 7 heteroatoms. The van der Waals surface area contributed by atoms with Crippen molar-refractivity contribution >= 4 is 11.9 Å². The van der Waals surface area contributed by atoms with E-state index in [-0.39, 0.29) is 31.1 Å². The highest BCUT2D eigenvalue weighted by atomic mass is 16.5. The van der Waals surface area contributed by atoms with Crippen molar-refractivity contribution in [1.82, 2.24) is 20.5 Å². The summed E-state index contributed by atoms with van der Waals surface area (Å²) in [5.41, 5.74) is 3.14. The second-order valence-electron chi connectivity index (χ2n) is 6.43. The lowest BCUT2D eigenvalue weighted by Crippen LogP contribution is -2.47. The Hall–Kier alpha value is -1.99. The number of ether oxygens (including phenoxy) is 1. The van der Waals surface area contributed by atoms with Crippen LogP contribution in [0.3, 0.4) is 0 Å². The van der Waals surface area contributed by atoms with Gasteiger partial charge in [-0.3, -0.25) is 9.78 Å². The minimum atomic E-state index is -0.489. The van der Waals surface area contributed by atoms with Gasteiger partial charge in [-0.05, 0) is 44.0 Å². The van der Waals surface area contributed by atoms with E-state index in [0.717, 1.165) is 25.2 Å². The number of carbonyl (C=O) groups excluding carboxylic acids is 2. The van der Waals surface area contributed by atoms with Gasteiger partial charge in [-0.15, -0.1) is 0 Å². The van der Waals surface area contributed by atoms with E-state index in [1.165, 1.54) is 11.1 Å². The summed E-state index contributed by atoms with van der Waals surface area (Å²) >= 11 is 0. The standard InChI is InChI=1S/C17H24N4O3/c1-11-3-4-15(21(11)16(22)9-18-2)17(23)24-10-14-5-12-6-19-7-13(12)8-20-14/h5,8,11,15,18-19H,3-4,6-7,9-10H2,1-2H3. The lowest BCUT2D eigenvalue weighted by Gasteiger charge is -2.27. The Morgan fingerprint density at radius 1 is 1.38 bits per heavy atom. The van der Waals surface area contributed by atoms with E-state index in [9.17, 15) is 9.59 Å². The molecule has 2 aliphatic heterocycles. The zero-order valence-corrected chi connectivity index (χ0v) is 14.2. The summed E-state index contributed by atoms with van der Waals surface area (Å²) in [6.07, 6.45) is 3.30. The zero-order valence-electron chi connectivity index (χ0n) is 14.2. The van der Waals surface area contributed by atoms with Gasteiger partial charge in [0.05, 0.1) is 12.2 Å². The monoisotopic (exact) mass is 332 g/mol. The van der Waals surface area contributed by atoms with Gasteiger partial charge in [-0.25, -0.2) is 4.79 Å². The maximum atomic E-state index is 12.4. The average Bonchev–Trinajstić information content (AvgIpc) is 3.18. The molecule has 24 heavy (non-hydrogen) atoms. The van der Waals surface area contributed by atoms with Gasteiger partial charge in [-0.1, -0.05) is 0 Å². The van der Waals surface area contributed by atoms with Crippen LogP contribution in [0.2, 0.25) is 0 Å². The van der Waals surface area contributed by atoms with Crippen molar-refractivity contribution < 1.29 is 14.3 Å². The van der Waals surface area contributed by atoms with Gasteiger partial charge in [0.25, 0.3) is 0 Å². The van der Waals surface area contributed by atoms with Crippen LogP contribution in [0.5, 0.6) is 0 Å². The van der Waals surface area contributed by atoms with Crippen LogP contribution in [0, 0.1) is 0 Å². The molecule has 0 spiro atoms. The lowest BCUT2D eigenvalue weighted by atomic mass is 10.1. The number of nitrogens with zero attached hydrogens (tertiary/aromatic N) is 2. The molecule has 0 bridgehead atoms. The molecule has 2 atom stereocenters. The van der Waals surface area contributed by atoms with Crippen LogP contribution in [-0.2, 0) is 34.0 Å². The van der Waals surface area contributed by atoms with E-state index in [2.05, 4.69) is 15.6 Å². The Morgan fingerprint density at radius 3 is 2.96 bits per heavy atom. The Kier molecular flexibility index (Phi) is 5.11. The molecule has 0 aliphatic carbocycles. The van der Waals surface area contributed by atoms with Crippen LogP contribution in [-0.4, -0.2) is 47.4 Å². The van der Waals surface area contributed by atoms with Crippen LogP contribution in [0.4, 0.5) is 0 Å². The third-order valence-corrected chi connectivity index (χ3v) is 4.69. The molecule has 7 nitrogen and oxygen atoms in total. The topological polar surface area (TPSA) is 83.6 Å². The van der Waals surface area contributed by atoms with Crippen molar-refractivity contribution in [1.29, 1.82) is 0 Å². The second-order valence-corrected chi connectivity index (χ2v) is 6.43. The maximum absolute atomic E-state index is 12.4. The number of rotatable bonds is 5. The number of esters is 1. The number of aromatic nitrogens is 1. The first-order valence-corrected chi connectivity index (χ1v) is 8.40. The smallest absolute Gasteiger partial charge is 0.329 e. The summed E-state index contributed by atoms with van der Waals surface area (Å²) < 4.78 is 5.44. The van der Waals surface area contributed by atoms with Gasteiger partial charge < -0.3 is 20.3 Å². The van der Waals surface area contributed by atoms with E-state index >= 15 is 0 Å². The third kappa shape index (κ3) is 3.42. The average molecular weight is 332 g/mol. The van der Waals surface area contributed by atoms with Crippen LogP contribution in [0.15, 0.2) is 12.3 Å². The number of likely N-dealkylation sites (N-methyl/N-ethyl adjacent to an activating group) is 1. The van der Waals surface area contributed by atoms with Gasteiger partial charge >= 0.3 is 5.97 Å². The third-order valence-electron chi connectivity index (χ3n) is 4.69. The number of pyridine rings is 1. The number of hydrogen-bond donors (Lipinski definition) is 2. The summed E-state index contributed by atoms with van der Waals surface area (Å²) in [5.74, 6) is -0.407. The first kappa shape index (κ1) is 16.9. The molecule has 2 N–H and O–H groups in total. The van der Waals surface area contributed by atoms with E-state index in [1.807, 2.05) is 19.2 Å². The fraction of sp³-hybridized carbons (Fsp3) is 0.588. The summed E-state index contributed by atoms with van der Waals surface area (Å²) in [4.78, 5) is 30.6. The Labute approximate surface area is 141 Å². The van der Waals surface area contributed by atoms with E-state index in [0.29, 0.717) is 6.42 Å². The molecule has 0 saturated carbocycles. The van der Waals surface area contributed by atoms with E-state index < -0.39 is 6.04 Å². The molecule has 0 radical (unpaired) electrons. The molecule has 3 heterocycles. The molecule has 1 aromatic heterocycles. The van der Waals surface area contributed by atoms with Crippen molar-refractivity contribution in [2.24, 2.45) is 0 Å². The molecule has 2 aliphatic rings. The van der Waals surface area contributed by atoms with Crippen LogP contribution >= 0.6 is 0 Å². The molecular formula is C17H24N4O3. The van der Waals surface area contributed by atoms with Crippen molar-refractivity contribution in [3.63, 3.8) is 0 Å². The number of fused-ring (bicyclic) bond motifs is 1. The van der Waals surface area contributed by atoms with Gasteiger partial charge in [0.15, 0.2) is 0 Å². The van der Waals surface area contributed by atoms with Gasteiger partial charge in [0.1, 0.15) is 12.6 Å². The molecule has 1 saturated heterocycles. The number of nitrogens with one attached hydrogen (secondary N) is 2. The quantitative estimate of drug-likeness (QED) is 0.756. The molecule has 1 amide bonds. The molecule has 1 aromatic rings. The fourth-order valence-corrected chi connectivity index (χ4v) is 3.43. The number of carbonyl (C=O) groups is 2. The molecule has 130 valence electrons. The van der Waals surface area contributed by atoms with E-state index in [1.54, 1.807) is 11.9 Å². The van der Waals surface area contributed by atoms with Crippen LogP contribution < -0.4 is 10.6 Å². The van der Waals surface area contributed by atoms with Gasteiger partial charge in [-0.2, -0.15) is 0 Å². The Bertz CT molecular complexity index is 634. The summed E-state index contributed by atoms with van der Waals surface area (Å²) in [6.45, 7) is 4.00. The van der Waals surface area contributed by atoms with E-state index in [4.69, 9.17) is 4.74 Å².